The lowest BCUT2D eigenvalue weighted by Crippen LogP contribution is -2.47. The maximum atomic E-state index is 12.8. The van der Waals surface area contributed by atoms with Gasteiger partial charge in [-0.25, -0.2) is 14.6 Å². The van der Waals surface area contributed by atoms with E-state index in [9.17, 15) is 4.79 Å². The van der Waals surface area contributed by atoms with Gasteiger partial charge < -0.3 is 21.1 Å². The molecule has 1 fully saturated rings. The number of likely N-dealkylation sites (tertiary alicyclic amines) is 1. The number of nitrogens with two attached hydrogens (primary N) is 2. The number of para-hydroxylation sites is 1. The summed E-state index contributed by atoms with van der Waals surface area (Å²) in [7, 11) is 0. The number of aromatic nitrogens is 4. The van der Waals surface area contributed by atoms with Gasteiger partial charge in [0.25, 0.3) is 0 Å². The molecule has 3 heterocycles. The van der Waals surface area contributed by atoms with Gasteiger partial charge in [-0.1, -0.05) is 32.0 Å². The van der Waals surface area contributed by atoms with Gasteiger partial charge in [-0.15, -0.1) is 0 Å². The van der Waals surface area contributed by atoms with Gasteiger partial charge in [0, 0.05) is 18.7 Å². The van der Waals surface area contributed by atoms with Crippen LogP contribution in [0, 0.1) is 5.92 Å². The van der Waals surface area contributed by atoms with E-state index in [0.717, 1.165) is 41.0 Å². The average Bonchev–Trinajstić information content (AvgIpc) is 3.30. The smallest absolute Gasteiger partial charge is 0.239 e. The van der Waals surface area contributed by atoms with Crippen LogP contribution in [0.4, 0.5) is 5.82 Å². The van der Waals surface area contributed by atoms with Gasteiger partial charge >= 0.3 is 0 Å². The van der Waals surface area contributed by atoms with Crippen LogP contribution in [0.5, 0.6) is 11.5 Å². The number of nitrogen functional groups attached to an aromatic ring is 1. The van der Waals surface area contributed by atoms with E-state index >= 15 is 0 Å². The number of benzene rings is 2. The van der Waals surface area contributed by atoms with E-state index in [1.54, 1.807) is 0 Å². The molecule has 1 amide bonds. The molecule has 2 aromatic carbocycles. The normalized spacial score (nSPS) is 15.3. The van der Waals surface area contributed by atoms with Crippen LogP contribution in [-0.2, 0) is 4.79 Å². The molecule has 9 nitrogen and oxygen atoms in total. The average molecular weight is 500 g/mol. The Morgan fingerprint density at radius 2 is 1.70 bits per heavy atom. The Morgan fingerprint density at radius 3 is 2.38 bits per heavy atom. The second-order valence-corrected chi connectivity index (χ2v) is 9.98. The molecule has 4 aromatic rings. The number of fused-ring (bicyclic) bond motifs is 1. The minimum Gasteiger partial charge on any atom is -0.457 e. The standard InChI is InChI=1S/C28H33N7O2/c1-18(2)16-23(29)28(36)34-14-12-20(13-15-34)35-27-24(26(30)31-17-32-27)25(33-35)19-8-10-22(11-9-19)37-21-6-4-3-5-7-21/h3-11,17-18,20,23H,12-16,29H2,1-2H3,(H2,30,31,32). The number of nitrogens with zero attached hydrogens (tertiary/aromatic N) is 5. The predicted octanol–water partition coefficient (Wildman–Crippen LogP) is 4.40. The molecule has 0 radical (unpaired) electrons. The molecule has 37 heavy (non-hydrogen) atoms. The summed E-state index contributed by atoms with van der Waals surface area (Å²) in [5.41, 5.74) is 14.8. The summed E-state index contributed by atoms with van der Waals surface area (Å²) >= 11 is 0. The lowest BCUT2D eigenvalue weighted by atomic mass is 10.0. The highest BCUT2D eigenvalue weighted by molar-refractivity contribution is 5.98. The molecule has 9 heteroatoms. The maximum Gasteiger partial charge on any atom is 0.239 e. The van der Waals surface area contributed by atoms with E-state index in [2.05, 4.69) is 23.8 Å². The zero-order valence-electron chi connectivity index (χ0n) is 21.2. The Kier molecular flexibility index (Phi) is 7.05. The predicted molar refractivity (Wildman–Crippen MR) is 144 cm³/mol. The zero-order valence-corrected chi connectivity index (χ0v) is 21.2. The number of carbonyl (C=O) groups is 1. The fraction of sp³-hybridized carbons (Fsp3) is 0.357. The van der Waals surface area contributed by atoms with E-state index in [4.69, 9.17) is 21.3 Å². The second kappa shape index (κ2) is 10.6. The van der Waals surface area contributed by atoms with Gasteiger partial charge in [-0.2, -0.15) is 5.10 Å². The van der Waals surface area contributed by atoms with Gasteiger partial charge in [0.2, 0.25) is 5.91 Å². The van der Waals surface area contributed by atoms with Crippen molar-refractivity contribution in [2.75, 3.05) is 18.8 Å². The zero-order chi connectivity index (χ0) is 25.9. The molecule has 1 unspecified atom stereocenters. The van der Waals surface area contributed by atoms with Gasteiger partial charge in [0.05, 0.1) is 17.5 Å². The monoisotopic (exact) mass is 499 g/mol. The largest absolute Gasteiger partial charge is 0.457 e. The molecule has 0 aliphatic carbocycles. The SMILES string of the molecule is CC(C)CC(N)C(=O)N1CCC(n2nc(-c3ccc(Oc4ccccc4)cc3)c3c(N)ncnc32)CC1. The molecule has 0 spiro atoms. The Balaban J connectivity index is 1.37. The molecule has 192 valence electrons. The topological polar surface area (TPSA) is 125 Å². The Morgan fingerprint density at radius 1 is 1.03 bits per heavy atom. The molecule has 5 rings (SSSR count). The summed E-state index contributed by atoms with van der Waals surface area (Å²) in [6, 6.07) is 17.1. The third kappa shape index (κ3) is 5.27. The van der Waals surface area contributed by atoms with Crippen molar-refractivity contribution in [3.8, 4) is 22.8 Å². The first-order valence-corrected chi connectivity index (χ1v) is 12.8. The lowest BCUT2D eigenvalue weighted by molar-refractivity contribution is -0.134. The van der Waals surface area contributed by atoms with Crippen molar-refractivity contribution >= 4 is 22.8 Å². The Hall–Kier alpha value is -3.98. The maximum absolute atomic E-state index is 12.8. The molecule has 4 N–H and O–H groups in total. The minimum absolute atomic E-state index is 0.0301. The van der Waals surface area contributed by atoms with E-state index in [1.807, 2.05) is 64.2 Å². The number of rotatable bonds is 7. The number of ether oxygens (including phenoxy) is 1. The highest BCUT2D eigenvalue weighted by Gasteiger charge is 2.30. The van der Waals surface area contributed by atoms with Crippen LogP contribution in [0.1, 0.15) is 39.2 Å². The summed E-state index contributed by atoms with van der Waals surface area (Å²) in [6.07, 6.45) is 3.70. The first-order valence-electron chi connectivity index (χ1n) is 12.8. The Bertz CT molecular complexity index is 1360. The number of amides is 1. The van der Waals surface area contributed by atoms with Crippen molar-refractivity contribution in [3.63, 3.8) is 0 Å². The van der Waals surface area contributed by atoms with E-state index in [-0.39, 0.29) is 11.9 Å². The third-order valence-electron chi connectivity index (χ3n) is 6.79. The fourth-order valence-electron chi connectivity index (χ4n) is 4.93. The Labute approximate surface area is 216 Å². The highest BCUT2D eigenvalue weighted by atomic mass is 16.5. The van der Waals surface area contributed by atoms with E-state index in [0.29, 0.717) is 36.9 Å². The van der Waals surface area contributed by atoms with E-state index in [1.165, 1.54) is 6.33 Å². The van der Waals surface area contributed by atoms with Gasteiger partial charge in [0.15, 0.2) is 5.65 Å². The molecule has 1 aliphatic rings. The van der Waals surface area contributed by atoms with Crippen molar-refractivity contribution in [2.45, 2.75) is 45.2 Å². The van der Waals surface area contributed by atoms with Crippen molar-refractivity contribution in [1.29, 1.82) is 0 Å². The number of piperidine rings is 1. The van der Waals surface area contributed by atoms with Crippen LogP contribution in [0.2, 0.25) is 0 Å². The van der Waals surface area contributed by atoms with Gasteiger partial charge in [-0.05, 0) is 61.6 Å². The summed E-state index contributed by atoms with van der Waals surface area (Å²) in [5, 5.41) is 5.70. The van der Waals surface area contributed by atoms with Crippen molar-refractivity contribution in [1.82, 2.24) is 24.6 Å². The molecule has 0 saturated carbocycles. The van der Waals surface area contributed by atoms with E-state index < -0.39 is 6.04 Å². The second-order valence-electron chi connectivity index (χ2n) is 9.98. The summed E-state index contributed by atoms with van der Waals surface area (Å²) in [4.78, 5) is 23.4. The molecule has 1 atom stereocenters. The van der Waals surface area contributed by atoms with Gasteiger partial charge in [0.1, 0.15) is 29.3 Å². The number of carbonyl (C=O) groups excluding carboxylic acids is 1. The van der Waals surface area contributed by atoms with Crippen molar-refractivity contribution in [2.24, 2.45) is 11.7 Å². The van der Waals surface area contributed by atoms with Crippen LogP contribution in [0.15, 0.2) is 60.9 Å². The fourth-order valence-corrected chi connectivity index (χ4v) is 4.93. The number of hydrogen-bond donors (Lipinski definition) is 2. The molecule has 0 bridgehead atoms. The molecule has 1 saturated heterocycles. The number of hydrogen-bond acceptors (Lipinski definition) is 7. The third-order valence-corrected chi connectivity index (χ3v) is 6.79. The summed E-state index contributed by atoms with van der Waals surface area (Å²) in [6.45, 7) is 5.44. The summed E-state index contributed by atoms with van der Waals surface area (Å²) < 4.78 is 7.88. The lowest BCUT2D eigenvalue weighted by Gasteiger charge is -2.34. The molecule has 2 aromatic heterocycles. The van der Waals surface area contributed by atoms with Crippen LogP contribution < -0.4 is 16.2 Å². The van der Waals surface area contributed by atoms with Crippen LogP contribution >= 0.6 is 0 Å². The van der Waals surface area contributed by atoms with Crippen molar-refractivity contribution in [3.05, 3.63) is 60.9 Å². The first-order chi connectivity index (χ1) is 17.9. The summed E-state index contributed by atoms with van der Waals surface area (Å²) in [5.74, 6) is 2.31. The molecular weight excluding hydrogens is 466 g/mol. The van der Waals surface area contributed by atoms with Crippen LogP contribution in [0.25, 0.3) is 22.3 Å². The highest BCUT2D eigenvalue weighted by Crippen LogP contribution is 2.35. The first kappa shape index (κ1) is 24.7. The van der Waals surface area contributed by atoms with Crippen LogP contribution in [0.3, 0.4) is 0 Å². The molecular formula is C28H33N7O2. The quantitative estimate of drug-likeness (QED) is 0.386. The van der Waals surface area contributed by atoms with Gasteiger partial charge in [-0.3, -0.25) is 4.79 Å². The van der Waals surface area contributed by atoms with Crippen LogP contribution in [-0.4, -0.2) is 49.7 Å². The van der Waals surface area contributed by atoms with Crippen molar-refractivity contribution < 1.29 is 9.53 Å². The number of anilines is 1. The minimum atomic E-state index is -0.449. The molecule has 1 aliphatic heterocycles.